The molecule has 0 aliphatic carbocycles. The Labute approximate surface area is 81.3 Å². The molecule has 1 N–H and O–H groups in total. The van der Waals surface area contributed by atoms with Crippen molar-refractivity contribution in [2.24, 2.45) is 0 Å². The van der Waals surface area contributed by atoms with Crippen LogP contribution < -0.4 is 0 Å². The minimum atomic E-state index is -3.20. The van der Waals surface area contributed by atoms with Crippen molar-refractivity contribution >= 4 is 21.4 Å². The van der Waals surface area contributed by atoms with Gasteiger partial charge in [0, 0.05) is 12.5 Å². The molecular weight excluding hydrogens is 210 g/mol. The molecule has 6 heteroatoms. The lowest BCUT2D eigenvalue weighted by Gasteiger charge is -2.14. The fourth-order valence-electron chi connectivity index (χ4n) is 0.844. The molecule has 1 rings (SSSR count). The molecule has 0 aromatic carbocycles. The van der Waals surface area contributed by atoms with E-state index in [1.165, 1.54) is 13.1 Å². The number of hydrogen-bond acceptors (Lipinski definition) is 5. The molecule has 0 amide bonds. The molecule has 0 aliphatic heterocycles. The van der Waals surface area contributed by atoms with Crippen LogP contribution in [0.4, 0.5) is 0 Å². The van der Waals surface area contributed by atoms with Gasteiger partial charge in [0.1, 0.15) is 6.10 Å². The van der Waals surface area contributed by atoms with Crippen LogP contribution in [-0.2, 0) is 9.84 Å². The Balaban J connectivity index is 2.86. The first-order chi connectivity index (χ1) is 5.93. The van der Waals surface area contributed by atoms with Crippen LogP contribution in [0.1, 0.15) is 17.9 Å². The van der Waals surface area contributed by atoms with Gasteiger partial charge in [0.25, 0.3) is 0 Å². The van der Waals surface area contributed by atoms with E-state index in [0.29, 0.717) is 4.88 Å². The minimum Gasteiger partial charge on any atom is -0.386 e. The standard InChI is InChI=1S/C7H11NO3S2/c1-5(13(2,10)11)7(9)6-3-4-8-12-6/h3-5,7,9H,1-2H3. The highest BCUT2D eigenvalue weighted by atomic mass is 32.2. The van der Waals surface area contributed by atoms with Gasteiger partial charge in [-0.1, -0.05) is 0 Å². The number of rotatable bonds is 3. The van der Waals surface area contributed by atoms with Gasteiger partial charge in [-0.2, -0.15) is 0 Å². The van der Waals surface area contributed by atoms with Gasteiger partial charge in [-0.15, -0.1) is 0 Å². The summed E-state index contributed by atoms with van der Waals surface area (Å²) in [5, 5.41) is 8.82. The van der Waals surface area contributed by atoms with Crippen molar-refractivity contribution in [2.45, 2.75) is 18.3 Å². The van der Waals surface area contributed by atoms with Crippen molar-refractivity contribution in [1.82, 2.24) is 4.37 Å². The second-order valence-electron chi connectivity index (χ2n) is 2.89. The van der Waals surface area contributed by atoms with Gasteiger partial charge in [-0.05, 0) is 24.5 Å². The second kappa shape index (κ2) is 3.73. The molecule has 0 saturated carbocycles. The van der Waals surface area contributed by atoms with Crippen LogP contribution in [0.3, 0.4) is 0 Å². The van der Waals surface area contributed by atoms with Crippen LogP contribution in [-0.4, -0.2) is 29.4 Å². The fourth-order valence-corrected chi connectivity index (χ4v) is 2.22. The molecule has 4 nitrogen and oxygen atoms in total. The van der Waals surface area contributed by atoms with Crippen molar-refractivity contribution in [3.8, 4) is 0 Å². The summed E-state index contributed by atoms with van der Waals surface area (Å²) in [4.78, 5) is 0.581. The first-order valence-corrected chi connectivity index (χ1v) is 6.43. The van der Waals surface area contributed by atoms with Crippen molar-refractivity contribution in [3.63, 3.8) is 0 Å². The summed E-state index contributed by atoms with van der Waals surface area (Å²) < 4.78 is 26.0. The monoisotopic (exact) mass is 221 g/mol. The van der Waals surface area contributed by atoms with Gasteiger partial charge in [0.05, 0.1) is 10.1 Å². The van der Waals surface area contributed by atoms with E-state index in [4.69, 9.17) is 0 Å². The third kappa shape index (κ3) is 2.49. The van der Waals surface area contributed by atoms with Crippen molar-refractivity contribution < 1.29 is 13.5 Å². The summed E-state index contributed by atoms with van der Waals surface area (Å²) in [5.74, 6) is 0. The number of sulfone groups is 1. The average Bonchev–Trinajstić information content (AvgIpc) is 2.51. The summed E-state index contributed by atoms with van der Waals surface area (Å²) in [6.45, 7) is 1.49. The predicted octanol–water partition coefficient (Wildman–Crippen LogP) is 0.610. The third-order valence-corrected chi connectivity index (χ3v) is 4.29. The van der Waals surface area contributed by atoms with E-state index >= 15 is 0 Å². The Bertz CT molecular complexity index is 357. The zero-order chi connectivity index (χ0) is 10.1. The van der Waals surface area contributed by atoms with Crippen molar-refractivity contribution in [1.29, 1.82) is 0 Å². The van der Waals surface area contributed by atoms with Gasteiger partial charge < -0.3 is 5.11 Å². The van der Waals surface area contributed by atoms with Crippen molar-refractivity contribution in [3.05, 3.63) is 17.1 Å². The topological polar surface area (TPSA) is 67.3 Å². The van der Waals surface area contributed by atoms with E-state index in [0.717, 1.165) is 17.8 Å². The van der Waals surface area contributed by atoms with Gasteiger partial charge in [0.15, 0.2) is 9.84 Å². The molecule has 0 fully saturated rings. The number of aromatic nitrogens is 1. The number of aliphatic hydroxyl groups excluding tert-OH is 1. The normalized spacial score (nSPS) is 16.8. The Morgan fingerprint density at radius 2 is 2.23 bits per heavy atom. The van der Waals surface area contributed by atoms with E-state index in [9.17, 15) is 13.5 Å². The average molecular weight is 221 g/mol. The lowest BCUT2D eigenvalue weighted by atomic mass is 10.2. The molecule has 1 aromatic rings. The quantitative estimate of drug-likeness (QED) is 0.812. The largest absolute Gasteiger partial charge is 0.386 e. The molecule has 1 aromatic heterocycles. The van der Waals surface area contributed by atoms with Crippen molar-refractivity contribution in [2.75, 3.05) is 6.26 Å². The molecule has 0 bridgehead atoms. The van der Waals surface area contributed by atoms with Gasteiger partial charge in [-0.3, -0.25) is 0 Å². The highest BCUT2D eigenvalue weighted by molar-refractivity contribution is 7.91. The SMILES string of the molecule is CC(C(O)c1ccns1)S(C)(=O)=O. The Hall–Kier alpha value is -0.460. The summed E-state index contributed by atoms with van der Waals surface area (Å²) in [5.41, 5.74) is 0. The third-order valence-electron chi connectivity index (χ3n) is 1.87. The van der Waals surface area contributed by atoms with Gasteiger partial charge in [-0.25, -0.2) is 12.8 Å². The van der Waals surface area contributed by atoms with E-state index in [2.05, 4.69) is 4.37 Å². The molecule has 74 valence electrons. The lowest BCUT2D eigenvalue weighted by Crippen LogP contribution is -2.23. The molecule has 0 spiro atoms. The van der Waals surface area contributed by atoms with Gasteiger partial charge in [0.2, 0.25) is 0 Å². The highest BCUT2D eigenvalue weighted by Crippen LogP contribution is 2.23. The van der Waals surface area contributed by atoms with E-state index in [-0.39, 0.29) is 0 Å². The zero-order valence-corrected chi connectivity index (χ0v) is 8.97. The van der Waals surface area contributed by atoms with Crippen LogP contribution in [0.15, 0.2) is 12.3 Å². The van der Waals surface area contributed by atoms with E-state index < -0.39 is 21.2 Å². The van der Waals surface area contributed by atoms with Gasteiger partial charge >= 0.3 is 0 Å². The highest BCUT2D eigenvalue weighted by Gasteiger charge is 2.26. The van der Waals surface area contributed by atoms with Crippen LogP contribution in [0.5, 0.6) is 0 Å². The molecule has 1 heterocycles. The number of hydrogen-bond donors (Lipinski definition) is 1. The van der Waals surface area contributed by atoms with Crippen LogP contribution in [0, 0.1) is 0 Å². The number of aliphatic hydroxyl groups is 1. The summed E-state index contributed by atoms with van der Waals surface area (Å²) in [6, 6.07) is 1.62. The zero-order valence-electron chi connectivity index (χ0n) is 7.34. The Kier molecular flexibility index (Phi) is 3.05. The molecule has 2 atom stereocenters. The maximum absolute atomic E-state index is 11.1. The maximum Gasteiger partial charge on any atom is 0.152 e. The van der Waals surface area contributed by atoms with Crippen LogP contribution >= 0.6 is 11.5 Å². The number of nitrogens with zero attached hydrogens (tertiary/aromatic N) is 1. The second-order valence-corrected chi connectivity index (χ2v) is 6.16. The summed E-state index contributed by atoms with van der Waals surface area (Å²) in [7, 11) is -3.20. The van der Waals surface area contributed by atoms with Crippen LogP contribution in [0.25, 0.3) is 0 Å². The maximum atomic E-state index is 11.1. The molecule has 0 aliphatic rings. The minimum absolute atomic E-state index is 0.581. The summed E-state index contributed by atoms with van der Waals surface area (Å²) in [6.07, 6.45) is 1.68. The van der Waals surface area contributed by atoms with Crippen LogP contribution in [0.2, 0.25) is 0 Å². The Morgan fingerprint density at radius 1 is 1.62 bits per heavy atom. The molecule has 2 unspecified atom stereocenters. The first kappa shape index (κ1) is 10.6. The fraction of sp³-hybridized carbons (Fsp3) is 0.571. The molecule has 13 heavy (non-hydrogen) atoms. The van der Waals surface area contributed by atoms with E-state index in [1.54, 1.807) is 6.07 Å². The summed E-state index contributed by atoms with van der Waals surface area (Å²) >= 11 is 1.11. The van der Waals surface area contributed by atoms with E-state index in [1.807, 2.05) is 0 Å². The molecule has 0 saturated heterocycles. The predicted molar refractivity (Wildman–Crippen MR) is 51.4 cm³/mol. The Morgan fingerprint density at radius 3 is 2.62 bits per heavy atom. The molecular formula is C7H11NO3S2. The lowest BCUT2D eigenvalue weighted by molar-refractivity contribution is 0.180. The first-order valence-electron chi connectivity index (χ1n) is 3.70. The smallest absolute Gasteiger partial charge is 0.152 e. The molecule has 0 radical (unpaired) electrons.